The Morgan fingerprint density at radius 1 is 1.17 bits per heavy atom. The van der Waals surface area contributed by atoms with Gasteiger partial charge in [-0.15, -0.1) is 0 Å². The molecule has 30 heavy (non-hydrogen) atoms. The second-order valence-corrected chi connectivity index (χ2v) is 7.13. The second-order valence-electron chi connectivity index (χ2n) is 6.69. The fourth-order valence-corrected chi connectivity index (χ4v) is 3.57. The Bertz CT molecular complexity index is 1030. The Labute approximate surface area is 177 Å². The van der Waals surface area contributed by atoms with Crippen molar-refractivity contribution in [2.75, 3.05) is 23.4 Å². The molecule has 154 valence electrons. The molecule has 3 amide bonds. The molecule has 1 fully saturated rings. The zero-order valence-electron chi connectivity index (χ0n) is 16.0. The first-order valence-electron chi connectivity index (χ1n) is 9.31. The first-order valence-corrected chi connectivity index (χ1v) is 9.69. The molecule has 2 aromatic rings. The average Bonchev–Trinajstić information content (AvgIpc) is 3.23. The molecule has 0 aliphatic carbocycles. The Kier molecular flexibility index (Phi) is 5.37. The molecule has 0 bridgehead atoms. The summed E-state index contributed by atoms with van der Waals surface area (Å²) in [4.78, 5) is 39.2. The molecule has 1 saturated heterocycles. The number of imide groups is 1. The van der Waals surface area contributed by atoms with Crippen molar-refractivity contribution in [3.8, 4) is 5.75 Å². The maximum atomic E-state index is 13.0. The maximum absolute atomic E-state index is 13.0. The van der Waals surface area contributed by atoms with Crippen molar-refractivity contribution in [3.63, 3.8) is 0 Å². The topological polar surface area (TPSA) is 104 Å². The number of nitrogens with one attached hydrogen (secondary N) is 1. The van der Waals surface area contributed by atoms with Crippen LogP contribution in [0, 0.1) is 0 Å². The predicted octanol–water partition coefficient (Wildman–Crippen LogP) is 2.67. The van der Waals surface area contributed by atoms with E-state index in [9.17, 15) is 14.4 Å². The fourth-order valence-electron chi connectivity index (χ4n) is 3.38. The Balaban J connectivity index is 1.46. The van der Waals surface area contributed by atoms with Crippen LogP contribution in [-0.4, -0.2) is 48.0 Å². The van der Waals surface area contributed by atoms with E-state index in [0.717, 1.165) is 4.90 Å². The molecule has 10 heteroatoms. The molecule has 0 spiro atoms. The van der Waals surface area contributed by atoms with Crippen LogP contribution in [0.1, 0.15) is 6.92 Å². The SMILES string of the molecule is CCOc1ccc(N2C(=O)[C@H]3N=NN(CC(=O)Nc4cccc(Cl)c4)[C@H]3C2=O)cc1. The molecule has 2 aliphatic rings. The van der Waals surface area contributed by atoms with Crippen LogP contribution in [-0.2, 0) is 14.4 Å². The van der Waals surface area contributed by atoms with Gasteiger partial charge in [0.05, 0.1) is 12.3 Å². The number of carbonyl (C=O) groups is 3. The summed E-state index contributed by atoms with van der Waals surface area (Å²) in [6, 6.07) is 11.4. The summed E-state index contributed by atoms with van der Waals surface area (Å²) in [5.41, 5.74) is 0.936. The minimum absolute atomic E-state index is 0.229. The number of amides is 3. The number of carbonyl (C=O) groups excluding carboxylic acids is 3. The van der Waals surface area contributed by atoms with Crippen LogP contribution >= 0.6 is 11.6 Å². The molecule has 0 radical (unpaired) electrons. The Morgan fingerprint density at radius 3 is 2.63 bits per heavy atom. The Hall–Kier alpha value is -3.46. The Morgan fingerprint density at radius 2 is 1.93 bits per heavy atom. The van der Waals surface area contributed by atoms with Gasteiger partial charge in [0.2, 0.25) is 5.91 Å². The van der Waals surface area contributed by atoms with Gasteiger partial charge in [-0.1, -0.05) is 22.9 Å². The van der Waals surface area contributed by atoms with E-state index < -0.39 is 29.8 Å². The standard InChI is InChI=1S/C20H18ClN5O4/c1-2-30-15-8-6-14(7-9-15)26-19(28)17-18(20(26)29)25(24-23-17)11-16(27)22-13-5-3-4-12(21)10-13/h3-10,17-18H,2,11H2,1H3,(H,22,27)/t17-,18+/m0/s1. The van der Waals surface area contributed by atoms with Gasteiger partial charge in [0.15, 0.2) is 12.1 Å². The lowest BCUT2D eigenvalue weighted by molar-refractivity contribution is -0.123. The average molecular weight is 428 g/mol. The predicted molar refractivity (Wildman–Crippen MR) is 109 cm³/mol. The lowest BCUT2D eigenvalue weighted by atomic mass is 10.1. The fraction of sp³-hybridized carbons (Fsp3) is 0.250. The lowest BCUT2D eigenvalue weighted by Crippen LogP contribution is -2.43. The molecular weight excluding hydrogens is 410 g/mol. The first-order chi connectivity index (χ1) is 14.5. The normalized spacial score (nSPS) is 19.9. The third-order valence-electron chi connectivity index (χ3n) is 4.68. The van der Waals surface area contributed by atoms with E-state index in [2.05, 4.69) is 15.7 Å². The van der Waals surface area contributed by atoms with Gasteiger partial charge in [0, 0.05) is 10.7 Å². The summed E-state index contributed by atoms with van der Waals surface area (Å²) in [5.74, 6) is -0.721. The van der Waals surface area contributed by atoms with Gasteiger partial charge in [-0.05, 0) is 49.4 Å². The molecule has 0 unspecified atom stereocenters. The zero-order valence-corrected chi connectivity index (χ0v) is 16.7. The molecule has 9 nitrogen and oxygen atoms in total. The highest BCUT2D eigenvalue weighted by Gasteiger charge is 2.55. The van der Waals surface area contributed by atoms with Gasteiger partial charge in [-0.2, -0.15) is 5.11 Å². The van der Waals surface area contributed by atoms with E-state index >= 15 is 0 Å². The smallest absolute Gasteiger partial charge is 0.263 e. The number of hydrogen-bond donors (Lipinski definition) is 1. The molecule has 2 aromatic carbocycles. The first kappa shape index (κ1) is 19.8. The number of hydrogen-bond acceptors (Lipinski definition) is 7. The third-order valence-corrected chi connectivity index (χ3v) is 4.91. The number of ether oxygens (including phenoxy) is 1. The summed E-state index contributed by atoms with van der Waals surface area (Å²) in [7, 11) is 0. The van der Waals surface area contributed by atoms with E-state index in [4.69, 9.17) is 16.3 Å². The minimum atomic E-state index is -0.969. The molecule has 4 rings (SSSR count). The number of fused-ring (bicyclic) bond motifs is 1. The maximum Gasteiger partial charge on any atom is 0.263 e. The largest absolute Gasteiger partial charge is 0.494 e. The molecule has 2 atom stereocenters. The summed E-state index contributed by atoms with van der Waals surface area (Å²) in [6.45, 7) is 2.15. The number of anilines is 2. The van der Waals surface area contributed by atoms with Gasteiger partial charge >= 0.3 is 0 Å². The van der Waals surface area contributed by atoms with Crippen molar-refractivity contribution in [3.05, 3.63) is 53.6 Å². The highest BCUT2D eigenvalue weighted by Crippen LogP contribution is 2.32. The van der Waals surface area contributed by atoms with Crippen LogP contribution in [0.15, 0.2) is 58.9 Å². The van der Waals surface area contributed by atoms with Crippen LogP contribution in [0.5, 0.6) is 5.75 Å². The van der Waals surface area contributed by atoms with Crippen LogP contribution in [0.2, 0.25) is 5.02 Å². The van der Waals surface area contributed by atoms with Crippen molar-refractivity contribution < 1.29 is 19.1 Å². The van der Waals surface area contributed by atoms with Crippen molar-refractivity contribution >= 4 is 40.7 Å². The number of halogens is 1. The van der Waals surface area contributed by atoms with E-state index in [-0.39, 0.29) is 6.54 Å². The molecule has 1 N–H and O–H groups in total. The van der Waals surface area contributed by atoms with E-state index in [1.165, 1.54) is 5.01 Å². The van der Waals surface area contributed by atoms with Gasteiger partial charge in [-0.25, -0.2) is 4.90 Å². The summed E-state index contributed by atoms with van der Waals surface area (Å²) < 4.78 is 5.39. The molecule has 0 aromatic heterocycles. The zero-order chi connectivity index (χ0) is 21.3. The lowest BCUT2D eigenvalue weighted by Gasteiger charge is -2.20. The number of rotatable bonds is 6. The molecule has 2 aliphatic heterocycles. The van der Waals surface area contributed by atoms with Crippen LogP contribution in [0.4, 0.5) is 11.4 Å². The van der Waals surface area contributed by atoms with Crippen molar-refractivity contribution in [1.82, 2.24) is 5.01 Å². The van der Waals surface area contributed by atoms with Crippen LogP contribution in [0.3, 0.4) is 0 Å². The quantitative estimate of drug-likeness (QED) is 0.714. The summed E-state index contributed by atoms with van der Waals surface area (Å²) in [6.07, 6.45) is 0. The molecular formula is C20H18ClN5O4. The highest BCUT2D eigenvalue weighted by molar-refractivity contribution is 6.31. The monoisotopic (exact) mass is 427 g/mol. The third kappa shape index (κ3) is 3.71. The van der Waals surface area contributed by atoms with Gasteiger partial charge in [-0.3, -0.25) is 19.4 Å². The van der Waals surface area contributed by atoms with E-state index in [1.807, 2.05) is 6.92 Å². The second kappa shape index (κ2) is 8.11. The van der Waals surface area contributed by atoms with E-state index in [0.29, 0.717) is 28.8 Å². The molecule has 0 saturated carbocycles. The van der Waals surface area contributed by atoms with Crippen LogP contribution < -0.4 is 15.0 Å². The summed E-state index contributed by atoms with van der Waals surface area (Å²) in [5, 5.41) is 12.2. The van der Waals surface area contributed by atoms with Crippen molar-refractivity contribution in [2.24, 2.45) is 10.3 Å². The minimum Gasteiger partial charge on any atom is -0.494 e. The van der Waals surface area contributed by atoms with Gasteiger partial charge in [0.25, 0.3) is 11.8 Å². The highest BCUT2D eigenvalue weighted by atomic mass is 35.5. The van der Waals surface area contributed by atoms with Crippen molar-refractivity contribution in [2.45, 2.75) is 19.0 Å². The van der Waals surface area contributed by atoms with Crippen LogP contribution in [0.25, 0.3) is 0 Å². The van der Waals surface area contributed by atoms with Crippen molar-refractivity contribution in [1.29, 1.82) is 0 Å². The van der Waals surface area contributed by atoms with Gasteiger partial charge in [0.1, 0.15) is 12.3 Å². The summed E-state index contributed by atoms with van der Waals surface area (Å²) >= 11 is 5.92. The van der Waals surface area contributed by atoms with E-state index in [1.54, 1.807) is 48.5 Å². The van der Waals surface area contributed by atoms with Gasteiger partial charge < -0.3 is 10.1 Å². The molecule has 2 heterocycles. The number of benzene rings is 2. The number of nitrogens with zero attached hydrogens (tertiary/aromatic N) is 4.